The fourth-order valence-electron chi connectivity index (χ4n) is 3.53. The molecule has 2 aliphatic heterocycles. The molecule has 1 N–H and O–H groups in total. The number of piperazine rings is 1. The van der Waals surface area contributed by atoms with Gasteiger partial charge in [-0.1, -0.05) is 18.2 Å². The minimum atomic E-state index is 0.619. The van der Waals surface area contributed by atoms with Crippen LogP contribution in [0.1, 0.15) is 11.1 Å². The first kappa shape index (κ1) is 15.2. The first-order valence-electron chi connectivity index (χ1n) is 8.51. The van der Waals surface area contributed by atoms with Gasteiger partial charge in [0.2, 0.25) is 5.88 Å². The fraction of sp³-hybridized carbons (Fsp3) is 0.444. The van der Waals surface area contributed by atoms with Gasteiger partial charge in [0.25, 0.3) is 0 Å². The largest absolute Gasteiger partial charge is 0.481 e. The van der Waals surface area contributed by atoms with Crippen LogP contribution in [0.4, 0.5) is 11.5 Å². The summed E-state index contributed by atoms with van der Waals surface area (Å²) in [4.78, 5) is 13.3. The van der Waals surface area contributed by atoms with Crippen LogP contribution >= 0.6 is 0 Å². The molecule has 1 saturated heterocycles. The van der Waals surface area contributed by atoms with Gasteiger partial charge in [-0.15, -0.1) is 0 Å². The van der Waals surface area contributed by atoms with Crippen LogP contribution in [0.3, 0.4) is 0 Å². The van der Waals surface area contributed by atoms with Crippen LogP contribution in [-0.4, -0.2) is 54.7 Å². The first-order valence-corrected chi connectivity index (χ1v) is 8.51. The van der Waals surface area contributed by atoms with Crippen molar-refractivity contribution < 1.29 is 4.74 Å². The van der Waals surface area contributed by atoms with Crippen molar-refractivity contribution in [2.24, 2.45) is 0 Å². The Labute approximate surface area is 142 Å². The van der Waals surface area contributed by atoms with Crippen LogP contribution in [0.25, 0.3) is 0 Å². The number of ether oxygens (including phenoxy) is 1. The molecule has 4 rings (SSSR count). The van der Waals surface area contributed by atoms with Gasteiger partial charge < -0.3 is 15.0 Å². The zero-order valence-electron chi connectivity index (χ0n) is 14.0. The quantitative estimate of drug-likeness (QED) is 0.925. The van der Waals surface area contributed by atoms with Crippen molar-refractivity contribution in [2.75, 3.05) is 50.1 Å². The van der Waals surface area contributed by atoms with Gasteiger partial charge in [-0.25, -0.2) is 9.97 Å². The number of benzene rings is 1. The predicted molar refractivity (Wildman–Crippen MR) is 94.7 cm³/mol. The Hall–Kier alpha value is -2.34. The molecule has 0 radical (unpaired) electrons. The van der Waals surface area contributed by atoms with Crippen LogP contribution in [-0.2, 0) is 13.0 Å². The third-order valence-corrected chi connectivity index (χ3v) is 4.86. The Morgan fingerprint density at radius 1 is 1.17 bits per heavy atom. The topological polar surface area (TPSA) is 53.5 Å². The van der Waals surface area contributed by atoms with Crippen molar-refractivity contribution in [3.63, 3.8) is 0 Å². The van der Waals surface area contributed by atoms with Gasteiger partial charge in [-0.05, 0) is 17.5 Å². The summed E-state index contributed by atoms with van der Waals surface area (Å²) in [6.07, 6.45) is 2.71. The van der Waals surface area contributed by atoms with Crippen LogP contribution in [0.2, 0.25) is 0 Å². The average molecular weight is 325 g/mol. The maximum Gasteiger partial charge on any atom is 0.218 e. The van der Waals surface area contributed by atoms with E-state index in [2.05, 4.69) is 43.3 Å². The molecular weight excluding hydrogens is 302 g/mol. The van der Waals surface area contributed by atoms with E-state index in [0.29, 0.717) is 5.88 Å². The van der Waals surface area contributed by atoms with E-state index >= 15 is 0 Å². The predicted octanol–water partition coefficient (Wildman–Crippen LogP) is 1.78. The fourth-order valence-corrected chi connectivity index (χ4v) is 3.53. The van der Waals surface area contributed by atoms with E-state index in [1.165, 1.54) is 16.8 Å². The van der Waals surface area contributed by atoms with Crippen LogP contribution in [0.5, 0.6) is 5.88 Å². The Morgan fingerprint density at radius 3 is 2.88 bits per heavy atom. The molecule has 0 amide bonds. The van der Waals surface area contributed by atoms with Gasteiger partial charge >= 0.3 is 0 Å². The van der Waals surface area contributed by atoms with Crippen molar-refractivity contribution in [1.29, 1.82) is 0 Å². The molecule has 0 aliphatic carbocycles. The molecular formula is C18H23N5O. The molecule has 2 aromatic rings. The molecule has 1 fully saturated rings. The highest BCUT2D eigenvalue weighted by Gasteiger charge is 2.21. The van der Waals surface area contributed by atoms with Gasteiger partial charge in [0.15, 0.2) is 0 Å². The van der Waals surface area contributed by atoms with Gasteiger partial charge in [0.05, 0.1) is 7.11 Å². The minimum absolute atomic E-state index is 0.619. The number of aromatic nitrogens is 2. The Balaban J connectivity index is 1.39. The summed E-state index contributed by atoms with van der Waals surface area (Å²) in [7, 11) is 1.64. The zero-order chi connectivity index (χ0) is 16.4. The lowest BCUT2D eigenvalue weighted by Gasteiger charge is -2.35. The molecule has 0 spiro atoms. The second-order valence-electron chi connectivity index (χ2n) is 6.31. The second-order valence-corrected chi connectivity index (χ2v) is 6.31. The summed E-state index contributed by atoms with van der Waals surface area (Å²) in [6.45, 7) is 6.10. The molecule has 0 atom stereocenters. The summed E-state index contributed by atoms with van der Waals surface area (Å²) in [5, 5.41) is 3.54. The van der Waals surface area contributed by atoms with E-state index in [1.54, 1.807) is 13.4 Å². The van der Waals surface area contributed by atoms with Crippen molar-refractivity contribution in [3.8, 4) is 5.88 Å². The second kappa shape index (κ2) is 6.65. The molecule has 24 heavy (non-hydrogen) atoms. The summed E-state index contributed by atoms with van der Waals surface area (Å²) in [5.41, 5.74) is 4.24. The molecule has 1 aromatic heterocycles. The number of anilines is 2. The van der Waals surface area contributed by atoms with Gasteiger partial charge in [-0.3, -0.25) is 4.90 Å². The maximum absolute atomic E-state index is 5.19. The average Bonchev–Trinajstić information content (AvgIpc) is 3.12. The molecule has 1 aromatic carbocycles. The number of hydrogen-bond acceptors (Lipinski definition) is 6. The van der Waals surface area contributed by atoms with E-state index < -0.39 is 0 Å². The van der Waals surface area contributed by atoms with Crippen molar-refractivity contribution in [2.45, 2.75) is 13.0 Å². The monoisotopic (exact) mass is 325 g/mol. The van der Waals surface area contributed by atoms with Crippen molar-refractivity contribution >= 4 is 11.5 Å². The van der Waals surface area contributed by atoms with Crippen LogP contribution in [0, 0.1) is 0 Å². The van der Waals surface area contributed by atoms with Gasteiger partial charge in [0, 0.05) is 51.0 Å². The van der Waals surface area contributed by atoms with E-state index in [4.69, 9.17) is 4.74 Å². The number of para-hydroxylation sites is 1. The van der Waals surface area contributed by atoms with E-state index in [0.717, 1.165) is 51.5 Å². The summed E-state index contributed by atoms with van der Waals surface area (Å²) in [5.74, 6) is 1.57. The molecule has 2 aliphatic rings. The highest BCUT2D eigenvalue weighted by atomic mass is 16.5. The molecule has 126 valence electrons. The van der Waals surface area contributed by atoms with E-state index in [-0.39, 0.29) is 0 Å². The van der Waals surface area contributed by atoms with Crippen LogP contribution < -0.4 is 15.0 Å². The first-order chi connectivity index (χ1) is 11.8. The zero-order valence-corrected chi connectivity index (χ0v) is 14.0. The number of nitrogens with zero attached hydrogens (tertiary/aromatic N) is 4. The molecule has 3 heterocycles. The summed E-state index contributed by atoms with van der Waals surface area (Å²) >= 11 is 0. The third kappa shape index (κ3) is 3.01. The van der Waals surface area contributed by atoms with Crippen LogP contribution in [0.15, 0.2) is 30.6 Å². The smallest absolute Gasteiger partial charge is 0.218 e. The van der Waals surface area contributed by atoms with Crippen molar-refractivity contribution in [1.82, 2.24) is 14.9 Å². The lowest BCUT2D eigenvalue weighted by molar-refractivity contribution is 0.249. The summed E-state index contributed by atoms with van der Waals surface area (Å²) in [6, 6.07) is 8.58. The number of nitrogens with one attached hydrogen (secondary N) is 1. The highest BCUT2D eigenvalue weighted by molar-refractivity contribution is 5.61. The Bertz CT molecular complexity index is 712. The molecule has 0 saturated carbocycles. The van der Waals surface area contributed by atoms with Gasteiger partial charge in [0.1, 0.15) is 12.1 Å². The lowest BCUT2D eigenvalue weighted by Crippen LogP contribution is -2.46. The number of rotatable bonds is 4. The Morgan fingerprint density at radius 2 is 2.04 bits per heavy atom. The van der Waals surface area contributed by atoms with E-state index in [9.17, 15) is 0 Å². The molecule has 6 heteroatoms. The molecule has 0 bridgehead atoms. The standard InChI is InChI=1S/C18H23N5O/c1-24-17-11-16(20-13-21-17)23-9-7-22(8-10-23)12-15-4-2-3-14-5-6-19-18(14)15/h2-4,11,13,19H,5-10,12H2,1H3. The summed E-state index contributed by atoms with van der Waals surface area (Å²) < 4.78 is 5.19. The molecule has 6 nitrogen and oxygen atoms in total. The lowest BCUT2D eigenvalue weighted by atomic mass is 10.1. The van der Waals surface area contributed by atoms with Gasteiger partial charge in [-0.2, -0.15) is 0 Å². The van der Waals surface area contributed by atoms with Crippen molar-refractivity contribution in [3.05, 3.63) is 41.7 Å². The number of methoxy groups -OCH3 is 1. The SMILES string of the molecule is COc1cc(N2CCN(Cc3cccc4c3NCC4)CC2)ncn1. The normalized spacial score (nSPS) is 17.5. The number of fused-ring (bicyclic) bond motifs is 1. The number of hydrogen-bond donors (Lipinski definition) is 1. The Kier molecular flexibility index (Phi) is 4.21. The third-order valence-electron chi connectivity index (χ3n) is 4.86. The van der Waals surface area contributed by atoms with E-state index in [1.807, 2.05) is 6.07 Å². The maximum atomic E-state index is 5.19. The highest BCUT2D eigenvalue weighted by Crippen LogP contribution is 2.28. The molecule has 0 unspecified atom stereocenters. The minimum Gasteiger partial charge on any atom is -0.481 e.